The van der Waals surface area contributed by atoms with Gasteiger partial charge in [-0.2, -0.15) is 0 Å². The van der Waals surface area contributed by atoms with Crippen LogP contribution in [0, 0.1) is 11.7 Å². The van der Waals surface area contributed by atoms with E-state index in [1.165, 1.54) is 12.1 Å². The fourth-order valence-electron chi connectivity index (χ4n) is 3.03. The van der Waals surface area contributed by atoms with Gasteiger partial charge in [0.2, 0.25) is 5.91 Å². The quantitative estimate of drug-likeness (QED) is 0.801. The number of nitrogens with one attached hydrogen (secondary N) is 1. The predicted octanol–water partition coefficient (Wildman–Crippen LogP) is 3.14. The second kappa shape index (κ2) is 7.01. The molecule has 1 fully saturated rings. The van der Waals surface area contributed by atoms with Crippen LogP contribution in [0.3, 0.4) is 0 Å². The van der Waals surface area contributed by atoms with Crippen molar-refractivity contribution in [2.24, 2.45) is 5.92 Å². The van der Waals surface area contributed by atoms with Crippen molar-refractivity contribution in [3.8, 4) is 5.75 Å². The first-order valence-electron chi connectivity index (χ1n) is 7.96. The van der Waals surface area contributed by atoms with Crippen molar-refractivity contribution in [3.63, 3.8) is 0 Å². The van der Waals surface area contributed by atoms with Crippen LogP contribution in [0.15, 0.2) is 48.5 Å². The van der Waals surface area contributed by atoms with E-state index in [0.717, 1.165) is 11.3 Å². The van der Waals surface area contributed by atoms with Crippen LogP contribution < -0.4 is 10.1 Å². The van der Waals surface area contributed by atoms with Crippen LogP contribution in [-0.4, -0.2) is 18.1 Å². The molecule has 1 aliphatic rings. The smallest absolute Gasteiger partial charge is 0.226 e. The Kier molecular flexibility index (Phi) is 4.81. The molecule has 0 radical (unpaired) electrons. The molecule has 0 aromatic heterocycles. The van der Waals surface area contributed by atoms with Crippen molar-refractivity contribution in [1.29, 1.82) is 0 Å². The molecule has 4 nitrogen and oxygen atoms in total. The van der Waals surface area contributed by atoms with Gasteiger partial charge in [0.1, 0.15) is 11.6 Å². The second-order valence-electron chi connectivity index (χ2n) is 6.01. The SMILES string of the molecule is COc1ccc(C2NC(=O)C2CCC(O)c2ccc(F)cc2)cc1. The molecule has 3 atom stereocenters. The molecule has 2 aromatic carbocycles. The molecule has 1 heterocycles. The summed E-state index contributed by atoms with van der Waals surface area (Å²) in [6, 6.07) is 13.4. The van der Waals surface area contributed by atoms with Crippen molar-refractivity contribution < 1.29 is 19.0 Å². The minimum absolute atomic E-state index is 0.00197. The fourth-order valence-corrected chi connectivity index (χ4v) is 3.03. The first-order valence-corrected chi connectivity index (χ1v) is 7.96. The lowest BCUT2D eigenvalue weighted by molar-refractivity contribution is -0.135. The van der Waals surface area contributed by atoms with Crippen LogP contribution in [0.4, 0.5) is 4.39 Å². The number of carbonyl (C=O) groups excluding carboxylic acids is 1. The molecule has 2 aromatic rings. The first kappa shape index (κ1) is 16.5. The number of β-lactam (4-membered cyclic amide) rings is 1. The van der Waals surface area contributed by atoms with Gasteiger partial charge in [0.15, 0.2) is 0 Å². The molecule has 0 aliphatic carbocycles. The van der Waals surface area contributed by atoms with Crippen molar-refractivity contribution in [1.82, 2.24) is 5.32 Å². The number of benzene rings is 2. The van der Waals surface area contributed by atoms with E-state index in [1.807, 2.05) is 24.3 Å². The normalized spacial score (nSPS) is 20.9. The molecule has 3 unspecified atom stereocenters. The number of amides is 1. The highest BCUT2D eigenvalue weighted by Gasteiger charge is 2.39. The summed E-state index contributed by atoms with van der Waals surface area (Å²) in [7, 11) is 1.61. The Hall–Kier alpha value is -2.40. The number of aliphatic hydroxyl groups excluding tert-OH is 1. The van der Waals surface area contributed by atoms with E-state index in [1.54, 1.807) is 19.2 Å². The van der Waals surface area contributed by atoms with E-state index in [0.29, 0.717) is 18.4 Å². The number of methoxy groups -OCH3 is 1. The van der Waals surface area contributed by atoms with Gasteiger partial charge < -0.3 is 15.2 Å². The Bertz CT molecular complexity index is 700. The molecule has 126 valence electrons. The zero-order chi connectivity index (χ0) is 17.1. The molecule has 0 bridgehead atoms. The summed E-state index contributed by atoms with van der Waals surface area (Å²) in [5.74, 6) is 0.284. The lowest BCUT2D eigenvalue weighted by Gasteiger charge is -2.37. The molecular weight excluding hydrogens is 309 g/mol. The highest BCUT2D eigenvalue weighted by Crippen LogP contribution is 2.36. The van der Waals surface area contributed by atoms with Crippen molar-refractivity contribution in [2.75, 3.05) is 7.11 Å². The van der Waals surface area contributed by atoms with Gasteiger partial charge in [-0.05, 0) is 48.2 Å². The van der Waals surface area contributed by atoms with Gasteiger partial charge in [0, 0.05) is 0 Å². The van der Waals surface area contributed by atoms with Crippen molar-refractivity contribution >= 4 is 5.91 Å². The maximum absolute atomic E-state index is 12.9. The summed E-state index contributed by atoms with van der Waals surface area (Å²) >= 11 is 0. The number of halogens is 1. The van der Waals surface area contributed by atoms with Gasteiger partial charge in [0.05, 0.1) is 25.2 Å². The summed E-state index contributed by atoms with van der Waals surface area (Å²) in [4.78, 5) is 11.9. The molecule has 0 spiro atoms. The lowest BCUT2D eigenvalue weighted by atomic mass is 9.81. The third kappa shape index (κ3) is 3.41. The van der Waals surface area contributed by atoms with Crippen molar-refractivity contribution in [3.05, 3.63) is 65.5 Å². The van der Waals surface area contributed by atoms with E-state index >= 15 is 0 Å². The van der Waals surface area contributed by atoms with Crippen LogP contribution in [0.2, 0.25) is 0 Å². The number of hydrogen-bond donors (Lipinski definition) is 2. The minimum Gasteiger partial charge on any atom is -0.497 e. The molecule has 3 rings (SSSR count). The molecule has 1 aliphatic heterocycles. The average molecular weight is 329 g/mol. The molecule has 24 heavy (non-hydrogen) atoms. The van der Waals surface area contributed by atoms with Gasteiger partial charge in [-0.3, -0.25) is 4.79 Å². The minimum atomic E-state index is -0.699. The van der Waals surface area contributed by atoms with Gasteiger partial charge in [-0.1, -0.05) is 24.3 Å². The number of rotatable bonds is 6. The number of ether oxygens (including phenoxy) is 1. The van der Waals surface area contributed by atoms with E-state index in [4.69, 9.17) is 4.74 Å². The van der Waals surface area contributed by atoms with E-state index in [9.17, 15) is 14.3 Å². The number of aliphatic hydroxyl groups is 1. The van der Waals surface area contributed by atoms with Gasteiger partial charge in [-0.25, -0.2) is 4.39 Å². The number of hydrogen-bond acceptors (Lipinski definition) is 3. The van der Waals surface area contributed by atoms with E-state index < -0.39 is 6.10 Å². The van der Waals surface area contributed by atoms with Crippen LogP contribution in [0.5, 0.6) is 5.75 Å². The maximum Gasteiger partial charge on any atom is 0.226 e. The van der Waals surface area contributed by atoms with Crippen LogP contribution in [0.25, 0.3) is 0 Å². The number of carbonyl (C=O) groups is 1. The molecule has 2 N–H and O–H groups in total. The average Bonchev–Trinajstić information content (AvgIpc) is 2.60. The summed E-state index contributed by atoms with van der Waals surface area (Å²) in [5.41, 5.74) is 1.69. The third-order valence-electron chi connectivity index (χ3n) is 4.52. The Balaban J connectivity index is 1.60. The predicted molar refractivity (Wildman–Crippen MR) is 88.0 cm³/mol. The van der Waals surface area contributed by atoms with Crippen LogP contribution in [-0.2, 0) is 4.79 Å². The van der Waals surface area contributed by atoms with E-state index in [-0.39, 0.29) is 23.7 Å². The summed E-state index contributed by atoms with van der Waals surface area (Å²) < 4.78 is 18.1. The Morgan fingerprint density at radius 1 is 1.17 bits per heavy atom. The van der Waals surface area contributed by atoms with Gasteiger partial charge in [-0.15, -0.1) is 0 Å². The third-order valence-corrected chi connectivity index (χ3v) is 4.52. The monoisotopic (exact) mass is 329 g/mol. The highest BCUT2D eigenvalue weighted by molar-refractivity contribution is 5.86. The standard InChI is InChI=1S/C19H20FNO3/c1-24-15-8-4-13(5-9-15)18-16(19(23)21-18)10-11-17(22)12-2-6-14(20)7-3-12/h2-9,16-18,22H,10-11H2,1H3,(H,21,23). The zero-order valence-electron chi connectivity index (χ0n) is 13.4. The van der Waals surface area contributed by atoms with Gasteiger partial charge in [0.25, 0.3) is 0 Å². The summed E-state index contributed by atoms with van der Waals surface area (Å²) in [6.45, 7) is 0. The second-order valence-corrected chi connectivity index (χ2v) is 6.01. The molecule has 0 saturated carbocycles. The van der Waals surface area contributed by atoms with Gasteiger partial charge >= 0.3 is 0 Å². The Labute approximate surface area is 140 Å². The Morgan fingerprint density at radius 3 is 2.42 bits per heavy atom. The summed E-state index contributed by atoms with van der Waals surface area (Å²) in [5, 5.41) is 13.1. The van der Waals surface area contributed by atoms with E-state index in [2.05, 4.69) is 5.32 Å². The first-order chi connectivity index (χ1) is 11.6. The molecule has 5 heteroatoms. The maximum atomic E-state index is 12.9. The molecular formula is C19H20FNO3. The van der Waals surface area contributed by atoms with Crippen LogP contribution >= 0.6 is 0 Å². The highest BCUT2D eigenvalue weighted by atomic mass is 19.1. The molecule has 1 saturated heterocycles. The summed E-state index contributed by atoms with van der Waals surface area (Å²) in [6.07, 6.45) is 0.327. The van der Waals surface area contributed by atoms with Crippen molar-refractivity contribution in [2.45, 2.75) is 25.0 Å². The molecule has 1 amide bonds. The Morgan fingerprint density at radius 2 is 1.83 bits per heavy atom. The topological polar surface area (TPSA) is 58.6 Å². The lowest BCUT2D eigenvalue weighted by Crippen LogP contribution is -2.51. The zero-order valence-corrected chi connectivity index (χ0v) is 13.4. The van der Waals surface area contributed by atoms with Crippen LogP contribution in [0.1, 0.15) is 36.1 Å². The fraction of sp³-hybridized carbons (Fsp3) is 0.316. The largest absolute Gasteiger partial charge is 0.497 e.